The summed E-state index contributed by atoms with van der Waals surface area (Å²) in [4.78, 5) is 24.0. The van der Waals surface area contributed by atoms with Crippen LogP contribution in [0, 0.1) is 13.8 Å². The van der Waals surface area contributed by atoms with Crippen molar-refractivity contribution in [3.8, 4) is 17.2 Å². The van der Waals surface area contributed by atoms with E-state index < -0.39 is 17.9 Å². The van der Waals surface area contributed by atoms with Crippen molar-refractivity contribution in [3.05, 3.63) is 53.6 Å². The van der Waals surface area contributed by atoms with Crippen LogP contribution < -0.4 is 25.1 Å². The van der Waals surface area contributed by atoms with Crippen LogP contribution in [0.1, 0.15) is 11.1 Å². The van der Waals surface area contributed by atoms with E-state index >= 15 is 0 Å². The number of carbonyl (C=O) groups excluding carboxylic acids is 2. The third kappa shape index (κ3) is 4.44. The fourth-order valence-corrected chi connectivity index (χ4v) is 2.56. The first kappa shape index (κ1) is 17.6. The van der Waals surface area contributed by atoms with Crippen molar-refractivity contribution in [2.75, 3.05) is 13.2 Å². The summed E-state index contributed by atoms with van der Waals surface area (Å²) in [5, 5.41) is 0. The van der Waals surface area contributed by atoms with Crippen LogP contribution in [0.5, 0.6) is 17.2 Å². The standard InChI is InChI=1S/C19H20N2O5/c1-12-7-13(2)9-14(8-12)24-11-18(22)20-21-19(23)17-10-25-15-5-3-4-6-16(15)26-17/h3-9,17H,10-11H2,1-2H3,(H,20,22)(H,21,23). The highest BCUT2D eigenvalue weighted by molar-refractivity contribution is 5.85. The van der Waals surface area contributed by atoms with Crippen molar-refractivity contribution in [2.45, 2.75) is 20.0 Å². The average Bonchev–Trinajstić information content (AvgIpc) is 2.63. The molecule has 7 heteroatoms. The molecule has 0 saturated carbocycles. The maximum Gasteiger partial charge on any atom is 0.283 e. The number of rotatable bonds is 4. The molecule has 3 rings (SSSR count). The van der Waals surface area contributed by atoms with Gasteiger partial charge in [0.25, 0.3) is 11.8 Å². The lowest BCUT2D eigenvalue weighted by molar-refractivity contribution is -0.135. The van der Waals surface area contributed by atoms with Crippen LogP contribution >= 0.6 is 0 Å². The number of para-hydroxylation sites is 2. The predicted molar refractivity (Wildman–Crippen MR) is 94.0 cm³/mol. The highest BCUT2D eigenvalue weighted by Crippen LogP contribution is 2.30. The fraction of sp³-hybridized carbons (Fsp3) is 0.263. The smallest absolute Gasteiger partial charge is 0.283 e. The number of hydrogen-bond acceptors (Lipinski definition) is 5. The molecule has 2 N–H and O–H groups in total. The molecule has 0 aliphatic carbocycles. The Morgan fingerprint density at radius 2 is 1.77 bits per heavy atom. The molecule has 0 fully saturated rings. The van der Waals surface area contributed by atoms with Crippen molar-refractivity contribution in [2.24, 2.45) is 0 Å². The minimum absolute atomic E-state index is 0.0672. The summed E-state index contributed by atoms with van der Waals surface area (Å²) < 4.78 is 16.5. The first-order valence-electron chi connectivity index (χ1n) is 8.19. The van der Waals surface area contributed by atoms with E-state index in [1.165, 1.54) is 0 Å². The molecule has 0 bridgehead atoms. The molecule has 0 aromatic heterocycles. The highest BCUT2D eigenvalue weighted by Gasteiger charge is 2.27. The summed E-state index contributed by atoms with van der Waals surface area (Å²) >= 11 is 0. The number of hydrazine groups is 1. The maximum absolute atomic E-state index is 12.1. The maximum atomic E-state index is 12.1. The monoisotopic (exact) mass is 356 g/mol. The first-order chi connectivity index (χ1) is 12.5. The molecule has 26 heavy (non-hydrogen) atoms. The van der Waals surface area contributed by atoms with Gasteiger partial charge in [-0.15, -0.1) is 0 Å². The van der Waals surface area contributed by atoms with Gasteiger partial charge in [0.15, 0.2) is 18.1 Å². The molecule has 136 valence electrons. The van der Waals surface area contributed by atoms with E-state index in [0.29, 0.717) is 17.2 Å². The van der Waals surface area contributed by atoms with Gasteiger partial charge in [-0.3, -0.25) is 20.4 Å². The Hall–Kier alpha value is -3.22. The summed E-state index contributed by atoms with van der Waals surface area (Å²) in [6, 6.07) is 12.8. The normalized spacial score (nSPS) is 15.1. The molecular weight excluding hydrogens is 336 g/mol. The summed E-state index contributed by atoms with van der Waals surface area (Å²) in [5.41, 5.74) is 6.71. The van der Waals surface area contributed by atoms with Crippen LogP contribution in [0.3, 0.4) is 0 Å². The van der Waals surface area contributed by atoms with Crippen LogP contribution in [0.25, 0.3) is 0 Å². The molecule has 2 aromatic rings. The fourth-order valence-electron chi connectivity index (χ4n) is 2.56. The minimum atomic E-state index is -0.842. The van der Waals surface area contributed by atoms with Crippen molar-refractivity contribution in [1.82, 2.24) is 10.9 Å². The zero-order valence-electron chi connectivity index (χ0n) is 14.6. The number of fused-ring (bicyclic) bond motifs is 1. The molecule has 0 saturated heterocycles. The Morgan fingerprint density at radius 1 is 1.08 bits per heavy atom. The number of ether oxygens (including phenoxy) is 3. The molecular formula is C19H20N2O5. The zero-order chi connectivity index (χ0) is 18.5. The SMILES string of the molecule is Cc1cc(C)cc(OCC(=O)NNC(=O)C2COc3ccccc3O2)c1. The van der Waals surface area contributed by atoms with Crippen LogP contribution in [0.15, 0.2) is 42.5 Å². The van der Waals surface area contributed by atoms with Crippen molar-refractivity contribution >= 4 is 11.8 Å². The van der Waals surface area contributed by atoms with Gasteiger partial charge in [0.05, 0.1) is 0 Å². The lowest BCUT2D eigenvalue weighted by Gasteiger charge is -2.25. The molecule has 1 heterocycles. The van der Waals surface area contributed by atoms with Crippen molar-refractivity contribution in [3.63, 3.8) is 0 Å². The van der Waals surface area contributed by atoms with E-state index in [-0.39, 0.29) is 13.2 Å². The van der Waals surface area contributed by atoms with Crippen LogP contribution in [0.2, 0.25) is 0 Å². The zero-order valence-corrected chi connectivity index (χ0v) is 14.6. The second kappa shape index (κ2) is 7.77. The molecule has 1 unspecified atom stereocenters. The van der Waals surface area contributed by atoms with Crippen LogP contribution in [-0.2, 0) is 9.59 Å². The van der Waals surface area contributed by atoms with Gasteiger partial charge in [-0.2, -0.15) is 0 Å². The lowest BCUT2D eigenvalue weighted by Crippen LogP contribution is -2.51. The number of amides is 2. The molecule has 0 spiro atoms. The quantitative estimate of drug-likeness (QED) is 0.814. The van der Waals surface area contributed by atoms with E-state index in [9.17, 15) is 9.59 Å². The second-order valence-corrected chi connectivity index (χ2v) is 6.01. The van der Waals surface area contributed by atoms with Gasteiger partial charge in [0, 0.05) is 0 Å². The lowest BCUT2D eigenvalue weighted by atomic mass is 10.1. The van der Waals surface area contributed by atoms with Crippen LogP contribution in [0.4, 0.5) is 0 Å². The van der Waals surface area contributed by atoms with E-state index in [4.69, 9.17) is 14.2 Å². The molecule has 0 radical (unpaired) electrons. The predicted octanol–water partition coefficient (Wildman–Crippen LogP) is 1.67. The second-order valence-electron chi connectivity index (χ2n) is 6.01. The number of nitrogens with one attached hydrogen (secondary N) is 2. The molecule has 1 aliphatic heterocycles. The molecule has 7 nitrogen and oxygen atoms in total. The Bertz CT molecular complexity index is 801. The number of aryl methyl sites for hydroxylation is 2. The van der Waals surface area contributed by atoms with Gasteiger partial charge < -0.3 is 14.2 Å². The number of benzene rings is 2. The van der Waals surface area contributed by atoms with Crippen LogP contribution in [-0.4, -0.2) is 31.1 Å². The third-order valence-electron chi connectivity index (χ3n) is 3.69. The summed E-state index contributed by atoms with van der Waals surface area (Å²) in [6.07, 6.45) is -0.842. The van der Waals surface area contributed by atoms with E-state index in [0.717, 1.165) is 11.1 Å². The van der Waals surface area contributed by atoms with E-state index in [1.54, 1.807) is 18.2 Å². The van der Waals surface area contributed by atoms with Gasteiger partial charge in [0.2, 0.25) is 6.10 Å². The Labute approximate surface area is 151 Å². The Morgan fingerprint density at radius 3 is 2.50 bits per heavy atom. The summed E-state index contributed by atoms with van der Waals surface area (Å²) in [7, 11) is 0. The van der Waals surface area contributed by atoms with Gasteiger partial charge in [0.1, 0.15) is 12.4 Å². The average molecular weight is 356 g/mol. The largest absolute Gasteiger partial charge is 0.485 e. The van der Waals surface area contributed by atoms with Gasteiger partial charge >= 0.3 is 0 Å². The van der Waals surface area contributed by atoms with E-state index in [1.807, 2.05) is 38.1 Å². The van der Waals surface area contributed by atoms with Gasteiger partial charge in [-0.05, 0) is 49.2 Å². The highest BCUT2D eigenvalue weighted by atomic mass is 16.6. The Kier molecular flexibility index (Phi) is 5.26. The van der Waals surface area contributed by atoms with Gasteiger partial charge in [-0.25, -0.2) is 0 Å². The first-order valence-corrected chi connectivity index (χ1v) is 8.19. The molecule has 1 aliphatic rings. The summed E-state index contributed by atoms with van der Waals surface area (Å²) in [5.74, 6) is 0.698. The minimum Gasteiger partial charge on any atom is -0.485 e. The summed E-state index contributed by atoms with van der Waals surface area (Å²) in [6.45, 7) is 3.75. The van der Waals surface area contributed by atoms with Gasteiger partial charge in [-0.1, -0.05) is 18.2 Å². The van der Waals surface area contributed by atoms with Crippen molar-refractivity contribution in [1.29, 1.82) is 0 Å². The van der Waals surface area contributed by atoms with E-state index in [2.05, 4.69) is 10.9 Å². The Balaban J connectivity index is 1.45. The molecule has 1 atom stereocenters. The topological polar surface area (TPSA) is 85.9 Å². The molecule has 2 aromatic carbocycles. The third-order valence-corrected chi connectivity index (χ3v) is 3.69. The number of hydrogen-bond donors (Lipinski definition) is 2. The molecule has 2 amide bonds. The number of carbonyl (C=O) groups is 2. The van der Waals surface area contributed by atoms with Crippen molar-refractivity contribution < 1.29 is 23.8 Å².